The third-order valence-electron chi connectivity index (χ3n) is 2.80. The molecule has 2 aromatic rings. The molecule has 0 N–H and O–H groups in total. The smallest absolute Gasteiger partial charge is 0.0669 e. The molecule has 0 radical (unpaired) electrons. The van der Waals surface area contributed by atoms with Crippen molar-refractivity contribution in [3.8, 4) is 6.07 Å². The summed E-state index contributed by atoms with van der Waals surface area (Å²) in [5.74, 6) is 0. The van der Waals surface area contributed by atoms with Crippen molar-refractivity contribution >= 4 is 28.1 Å². The van der Waals surface area contributed by atoms with Gasteiger partial charge in [0.15, 0.2) is 0 Å². The first-order valence-electron chi connectivity index (χ1n) is 6.08. The average molecular weight is 312 g/mol. The van der Waals surface area contributed by atoms with Crippen molar-refractivity contribution in [1.29, 1.82) is 5.26 Å². The quantitative estimate of drug-likeness (QED) is 0.732. The van der Waals surface area contributed by atoms with Crippen molar-refractivity contribution < 1.29 is 0 Å². The Balaban J connectivity index is 2.16. The summed E-state index contributed by atoms with van der Waals surface area (Å²) in [6.45, 7) is 2.08. The highest BCUT2D eigenvalue weighted by Gasteiger charge is 1.94. The summed E-state index contributed by atoms with van der Waals surface area (Å²) < 4.78 is 1.09. The summed E-state index contributed by atoms with van der Waals surface area (Å²) in [6.07, 6.45) is 4.64. The highest BCUT2D eigenvalue weighted by molar-refractivity contribution is 9.10. The maximum Gasteiger partial charge on any atom is 0.0669 e. The van der Waals surface area contributed by atoms with Crippen molar-refractivity contribution in [3.63, 3.8) is 0 Å². The predicted molar refractivity (Wildman–Crippen MR) is 83.6 cm³/mol. The van der Waals surface area contributed by atoms with Crippen LogP contribution in [-0.2, 0) is 6.42 Å². The van der Waals surface area contributed by atoms with Crippen LogP contribution >= 0.6 is 15.9 Å². The van der Waals surface area contributed by atoms with Crippen molar-refractivity contribution in [2.45, 2.75) is 13.3 Å². The van der Waals surface area contributed by atoms with Gasteiger partial charge in [-0.15, -0.1) is 0 Å². The van der Waals surface area contributed by atoms with Gasteiger partial charge >= 0.3 is 0 Å². The lowest BCUT2D eigenvalue weighted by Gasteiger charge is -2.00. The summed E-state index contributed by atoms with van der Waals surface area (Å²) in [5, 5.41) is 8.62. The SMILES string of the molecule is Cc1cc(Br)cc(/C=C/c2ccc(CC#N)cc2)c1. The minimum Gasteiger partial charge on any atom is -0.198 e. The van der Waals surface area contributed by atoms with Gasteiger partial charge in [0.2, 0.25) is 0 Å². The predicted octanol–water partition coefficient (Wildman–Crippen LogP) is 4.99. The van der Waals surface area contributed by atoms with E-state index in [2.05, 4.69) is 59.3 Å². The van der Waals surface area contributed by atoms with Crippen molar-refractivity contribution in [1.82, 2.24) is 0 Å². The Morgan fingerprint density at radius 2 is 1.74 bits per heavy atom. The summed E-state index contributed by atoms with van der Waals surface area (Å²) in [4.78, 5) is 0. The summed E-state index contributed by atoms with van der Waals surface area (Å²) >= 11 is 3.50. The van der Waals surface area contributed by atoms with Crippen LogP contribution in [0.5, 0.6) is 0 Å². The standard InChI is InChI=1S/C17H14BrN/c1-13-10-16(12-17(18)11-13)7-6-14-2-4-15(5-3-14)8-9-19/h2-7,10-12H,8H2,1H3/b7-6+. The molecule has 0 atom stereocenters. The molecule has 0 aliphatic carbocycles. The fourth-order valence-electron chi connectivity index (χ4n) is 1.89. The van der Waals surface area contributed by atoms with Gasteiger partial charge in [-0.05, 0) is 41.3 Å². The molecular weight excluding hydrogens is 298 g/mol. The van der Waals surface area contributed by atoms with Gasteiger partial charge < -0.3 is 0 Å². The van der Waals surface area contributed by atoms with Crippen LogP contribution in [0.15, 0.2) is 46.9 Å². The molecule has 0 aliphatic heterocycles. The zero-order valence-corrected chi connectivity index (χ0v) is 12.3. The first kappa shape index (κ1) is 13.6. The van der Waals surface area contributed by atoms with E-state index in [0.29, 0.717) is 6.42 Å². The average Bonchev–Trinajstić information content (AvgIpc) is 2.37. The molecule has 0 bridgehead atoms. The second kappa shape index (κ2) is 6.36. The number of rotatable bonds is 3. The van der Waals surface area contributed by atoms with Crippen LogP contribution in [0.25, 0.3) is 12.2 Å². The molecule has 0 saturated carbocycles. The lowest BCUT2D eigenvalue weighted by atomic mass is 10.1. The van der Waals surface area contributed by atoms with E-state index >= 15 is 0 Å². The molecule has 2 rings (SSSR count). The lowest BCUT2D eigenvalue weighted by Crippen LogP contribution is -1.81. The lowest BCUT2D eigenvalue weighted by molar-refractivity contribution is 1.26. The van der Waals surface area contributed by atoms with Crippen LogP contribution in [0.3, 0.4) is 0 Å². The van der Waals surface area contributed by atoms with E-state index < -0.39 is 0 Å². The third kappa shape index (κ3) is 4.08. The summed E-state index contributed by atoms with van der Waals surface area (Å²) in [6, 6.07) is 16.5. The van der Waals surface area contributed by atoms with Crippen LogP contribution < -0.4 is 0 Å². The Hall–Kier alpha value is -1.85. The number of hydrogen-bond acceptors (Lipinski definition) is 1. The van der Waals surface area contributed by atoms with Gasteiger partial charge in [-0.3, -0.25) is 0 Å². The van der Waals surface area contributed by atoms with Gasteiger partial charge in [-0.1, -0.05) is 58.4 Å². The zero-order valence-electron chi connectivity index (χ0n) is 10.7. The largest absolute Gasteiger partial charge is 0.198 e. The molecule has 0 saturated heterocycles. The maximum absolute atomic E-state index is 8.62. The molecule has 0 spiro atoms. The highest BCUT2D eigenvalue weighted by Crippen LogP contribution is 2.17. The number of hydrogen-bond donors (Lipinski definition) is 0. The molecule has 0 unspecified atom stereocenters. The fraction of sp³-hybridized carbons (Fsp3) is 0.118. The Kier molecular flexibility index (Phi) is 4.54. The molecule has 0 amide bonds. The molecule has 0 fully saturated rings. The van der Waals surface area contributed by atoms with E-state index in [9.17, 15) is 0 Å². The molecular formula is C17H14BrN. The van der Waals surface area contributed by atoms with Crippen LogP contribution in [0, 0.1) is 18.3 Å². The normalized spacial score (nSPS) is 10.6. The number of aryl methyl sites for hydroxylation is 1. The molecule has 2 heteroatoms. The monoisotopic (exact) mass is 311 g/mol. The van der Waals surface area contributed by atoms with E-state index in [-0.39, 0.29) is 0 Å². The van der Waals surface area contributed by atoms with E-state index in [4.69, 9.17) is 5.26 Å². The first-order valence-corrected chi connectivity index (χ1v) is 6.88. The van der Waals surface area contributed by atoms with Crippen LogP contribution in [0.4, 0.5) is 0 Å². The fourth-order valence-corrected chi connectivity index (χ4v) is 2.52. The Morgan fingerprint density at radius 3 is 2.37 bits per heavy atom. The molecule has 2 aromatic carbocycles. The van der Waals surface area contributed by atoms with Crippen molar-refractivity contribution in [2.75, 3.05) is 0 Å². The van der Waals surface area contributed by atoms with Crippen LogP contribution in [0.2, 0.25) is 0 Å². The van der Waals surface area contributed by atoms with Crippen molar-refractivity contribution in [3.05, 3.63) is 69.2 Å². The maximum atomic E-state index is 8.62. The first-order chi connectivity index (χ1) is 9.17. The van der Waals surface area contributed by atoms with E-state index in [1.54, 1.807) is 0 Å². The summed E-state index contributed by atoms with van der Waals surface area (Å²) in [5.41, 5.74) is 4.60. The number of nitriles is 1. The van der Waals surface area contributed by atoms with Gasteiger partial charge in [-0.2, -0.15) is 5.26 Å². The Morgan fingerprint density at radius 1 is 1.05 bits per heavy atom. The van der Waals surface area contributed by atoms with E-state index in [1.807, 2.05) is 24.3 Å². The second-order valence-corrected chi connectivity index (χ2v) is 5.39. The molecule has 0 aliphatic rings. The third-order valence-corrected chi connectivity index (χ3v) is 3.25. The minimum absolute atomic E-state index is 0.467. The molecule has 19 heavy (non-hydrogen) atoms. The molecule has 0 aromatic heterocycles. The van der Waals surface area contributed by atoms with Gasteiger partial charge in [0, 0.05) is 4.47 Å². The molecule has 94 valence electrons. The number of benzene rings is 2. The molecule has 1 nitrogen and oxygen atoms in total. The highest BCUT2D eigenvalue weighted by atomic mass is 79.9. The minimum atomic E-state index is 0.467. The molecule has 0 heterocycles. The van der Waals surface area contributed by atoms with E-state index in [0.717, 1.165) is 15.6 Å². The Bertz CT molecular complexity index is 613. The topological polar surface area (TPSA) is 23.8 Å². The Labute approximate surface area is 122 Å². The number of nitrogens with zero attached hydrogens (tertiary/aromatic N) is 1. The van der Waals surface area contributed by atoms with Crippen LogP contribution in [0.1, 0.15) is 22.3 Å². The van der Waals surface area contributed by atoms with Gasteiger partial charge in [0.1, 0.15) is 0 Å². The van der Waals surface area contributed by atoms with Gasteiger partial charge in [-0.25, -0.2) is 0 Å². The number of halogens is 1. The van der Waals surface area contributed by atoms with E-state index in [1.165, 1.54) is 11.1 Å². The second-order valence-electron chi connectivity index (χ2n) is 4.47. The zero-order chi connectivity index (χ0) is 13.7. The summed E-state index contributed by atoms with van der Waals surface area (Å²) in [7, 11) is 0. The van der Waals surface area contributed by atoms with Gasteiger partial charge in [0.25, 0.3) is 0 Å². The van der Waals surface area contributed by atoms with Gasteiger partial charge in [0.05, 0.1) is 12.5 Å². The van der Waals surface area contributed by atoms with Crippen molar-refractivity contribution in [2.24, 2.45) is 0 Å². The van der Waals surface area contributed by atoms with Crippen LogP contribution in [-0.4, -0.2) is 0 Å².